The summed E-state index contributed by atoms with van der Waals surface area (Å²) >= 11 is 3.49. The highest BCUT2D eigenvalue weighted by Crippen LogP contribution is 2.39. The second-order valence-corrected chi connectivity index (χ2v) is 8.77. The van der Waals surface area contributed by atoms with Crippen LogP contribution in [0.2, 0.25) is 0 Å². The number of nitrogens with two attached hydrogens (primary N) is 1. The first-order valence-corrected chi connectivity index (χ1v) is 9.61. The van der Waals surface area contributed by atoms with Gasteiger partial charge in [0.15, 0.2) is 9.84 Å². The Bertz CT molecular complexity index is 627. The van der Waals surface area contributed by atoms with Crippen LogP contribution in [0.3, 0.4) is 0 Å². The van der Waals surface area contributed by atoms with Crippen LogP contribution < -0.4 is 5.73 Å². The molecule has 1 atom stereocenters. The normalized spacial score (nSPS) is 26.1. The molecule has 0 bridgehead atoms. The highest BCUT2D eigenvalue weighted by Gasteiger charge is 2.32. The van der Waals surface area contributed by atoms with Crippen LogP contribution in [0.4, 0.5) is 5.82 Å². The third-order valence-electron chi connectivity index (χ3n) is 4.26. The lowest BCUT2D eigenvalue weighted by atomic mass is 10.0. The minimum absolute atomic E-state index is 0.101. The third kappa shape index (κ3) is 2.70. The van der Waals surface area contributed by atoms with Crippen LogP contribution in [-0.2, 0) is 9.84 Å². The van der Waals surface area contributed by atoms with Crippen LogP contribution in [0.25, 0.3) is 0 Å². The fourth-order valence-corrected chi connectivity index (χ4v) is 5.39. The van der Waals surface area contributed by atoms with E-state index in [4.69, 9.17) is 5.73 Å². The SMILES string of the molecule is Nc1nc(C2CCS(=O)(=O)C2)nc(C2CCCC2)c1Br. The summed E-state index contributed by atoms with van der Waals surface area (Å²) in [4.78, 5) is 8.97. The number of nitrogen functional groups attached to an aromatic ring is 1. The van der Waals surface area contributed by atoms with Crippen molar-refractivity contribution in [1.82, 2.24) is 9.97 Å². The molecule has 0 amide bonds. The van der Waals surface area contributed by atoms with Gasteiger partial charge >= 0.3 is 0 Å². The maximum atomic E-state index is 11.6. The van der Waals surface area contributed by atoms with Crippen LogP contribution in [0.5, 0.6) is 0 Å². The van der Waals surface area contributed by atoms with Crippen molar-refractivity contribution in [2.45, 2.75) is 43.9 Å². The van der Waals surface area contributed by atoms with Gasteiger partial charge in [-0.15, -0.1) is 0 Å². The van der Waals surface area contributed by atoms with E-state index < -0.39 is 9.84 Å². The van der Waals surface area contributed by atoms with E-state index >= 15 is 0 Å². The van der Waals surface area contributed by atoms with Gasteiger partial charge in [-0.3, -0.25) is 0 Å². The molecule has 1 saturated carbocycles. The van der Waals surface area contributed by atoms with Crippen molar-refractivity contribution in [2.24, 2.45) is 0 Å². The van der Waals surface area contributed by atoms with Gasteiger partial charge in [-0.1, -0.05) is 12.8 Å². The van der Waals surface area contributed by atoms with Crippen molar-refractivity contribution in [1.29, 1.82) is 0 Å². The van der Waals surface area contributed by atoms with E-state index in [1.807, 2.05) is 0 Å². The van der Waals surface area contributed by atoms with Gasteiger partial charge in [-0.25, -0.2) is 18.4 Å². The van der Waals surface area contributed by atoms with Crippen LogP contribution in [0.15, 0.2) is 4.47 Å². The Morgan fingerprint density at radius 3 is 2.40 bits per heavy atom. The van der Waals surface area contributed by atoms with Gasteiger partial charge in [0.05, 0.1) is 21.7 Å². The molecular weight excluding hydrogens is 342 g/mol. The van der Waals surface area contributed by atoms with Crippen LogP contribution in [-0.4, -0.2) is 29.9 Å². The molecule has 2 fully saturated rings. The molecule has 0 aromatic carbocycles. The number of anilines is 1. The molecule has 1 aromatic rings. The van der Waals surface area contributed by atoms with Crippen molar-refractivity contribution >= 4 is 31.6 Å². The van der Waals surface area contributed by atoms with E-state index in [-0.39, 0.29) is 17.4 Å². The second-order valence-electron chi connectivity index (χ2n) is 5.75. The van der Waals surface area contributed by atoms with E-state index in [0.29, 0.717) is 24.0 Å². The number of hydrogen-bond donors (Lipinski definition) is 1. The minimum atomic E-state index is -2.93. The van der Waals surface area contributed by atoms with Gasteiger partial charge in [0.2, 0.25) is 0 Å². The van der Waals surface area contributed by atoms with Gasteiger partial charge in [-0.2, -0.15) is 0 Å². The lowest BCUT2D eigenvalue weighted by Gasteiger charge is -2.15. The molecule has 20 heavy (non-hydrogen) atoms. The topological polar surface area (TPSA) is 85.9 Å². The Labute approximate surface area is 127 Å². The largest absolute Gasteiger partial charge is 0.383 e. The summed E-state index contributed by atoms with van der Waals surface area (Å²) in [7, 11) is -2.93. The molecule has 5 nitrogen and oxygen atoms in total. The smallest absolute Gasteiger partial charge is 0.151 e. The van der Waals surface area contributed by atoms with Crippen molar-refractivity contribution < 1.29 is 8.42 Å². The monoisotopic (exact) mass is 359 g/mol. The standard InChI is InChI=1S/C13H18BrN3O2S/c14-10-11(8-3-1-2-4-8)16-13(17-12(10)15)9-5-6-20(18,19)7-9/h8-9H,1-7H2,(H2,15,16,17). The molecule has 2 aliphatic rings. The van der Waals surface area contributed by atoms with E-state index in [2.05, 4.69) is 25.9 Å². The number of hydrogen-bond acceptors (Lipinski definition) is 5. The molecule has 0 radical (unpaired) electrons. The molecule has 1 saturated heterocycles. The number of halogens is 1. The molecule has 1 aliphatic carbocycles. The zero-order chi connectivity index (χ0) is 14.3. The summed E-state index contributed by atoms with van der Waals surface area (Å²) in [6.07, 6.45) is 5.28. The first kappa shape index (κ1) is 14.3. The lowest BCUT2D eigenvalue weighted by Crippen LogP contribution is -2.12. The van der Waals surface area contributed by atoms with Gasteiger partial charge in [0, 0.05) is 11.8 Å². The first-order chi connectivity index (χ1) is 9.46. The maximum Gasteiger partial charge on any atom is 0.151 e. The van der Waals surface area contributed by atoms with Gasteiger partial charge < -0.3 is 5.73 Å². The van der Waals surface area contributed by atoms with Gasteiger partial charge in [-0.05, 0) is 35.2 Å². The number of aromatic nitrogens is 2. The molecular formula is C13H18BrN3O2S. The van der Waals surface area contributed by atoms with Gasteiger partial charge in [0.25, 0.3) is 0 Å². The van der Waals surface area contributed by atoms with Crippen LogP contribution in [0, 0.1) is 0 Å². The Kier molecular flexibility index (Phi) is 3.75. The summed E-state index contributed by atoms with van der Waals surface area (Å²) < 4.78 is 24.0. The second kappa shape index (κ2) is 5.26. The summed E-state index contributed by atoms with van der Waals surface area (Å²) in [5.74, 6) is 1.74. The number of nitrogens with zero attached hydrogens (tertiary/aromatic N) is 2. The van der Waals surface area contributed by atoms with Crippen molar-refractivity contribution in [3.63, 3.8) is 0 Å². The number of sulfone groups is 1. The molecule has 3 rings (SSSR count). The highest BCUT2D eigenvalue weighted by atomic mass is 79.9. The zero-order valence-corrected chi connectivity index (χ0v) is 13.6. The van der Waals surface area contributed by atoms with E-state index in [9.17, 15) is 8.42 Å². The molecule has 7 heteroatoms. The minimum Gasteiger partial charge on any atom is -0.383 e. The molecule has 1 aliphatic heterocycles. The molecule has 2 heterocycles. The predicted octanol–water partition coefficient (Wildman–Crippen LogP) is 2.38. The van der Waals surface area contributed by atoms with E-state index in [0.717, 1.165) is 23.0 Å². The zero-order valence-electron chi connectivity index (χ0n) is 11.2. The summed E-state index contributed by atoms with van der Waals surface area (Å²) in [6, 6.07) is 0. The highest BCUT2D eigenvalue weighted by molar-refractivity contribution is 9.10. The van der Waals surface area contributed by atoms with Crippen LogP contribution >= 0.6 is 15.9 Å². The quantitative estimate of drug-likeness (QED) is 0.875. The average molecular weight is 360 g/mol. The molecule has 2 N–H and O–H groups in total. The van der Waals surface area contributed by atoms with Crippen LogP contribution in [0.1, 0.15) is 55.5 Å². The van der Waals surface area contributed by atoms with Crippen molar-refractivity contribution in [2.75, 3.05) is 17.2 Å². The molecule has 1 aromatic heterocycles. The van der Waals surface area contributed by atoms with E-state index in [1.165, 1.54) is 12.8 Å². The number of rotatable bonds is 2. The summed E-state index contributed by atoms with van der Waals surface area (Å²) in [5, 5.41) is 0. The summed E-state index contributed by atoms with van der Waals surface area (Å²) in [5.41, 5.74) is 6.94. The van der Waals surface area contributed by atoms with Crippen molar-refractivity contribution in [3.05, 3.63) is 16.0 Å². The summed E-state index contributed by atoms with van der Waals surface area (Å²) in [6.45, 7) is 0. The first-order valence-electron chi connectivity index (χ1n) is 6.99. The Balaban J connectivity index is 1.96. The maximum absolute atomic E-state index is 11.6. The molecule has 0 spiro atoms. The fraction of sp³-hybridized carbons (Fsp3) is 0.692. The third-order valence-corrected chi connectivity index (χ3v) is 6.84. The fourth-order valence-electron chi connectivity index (χ4n) is 3.15. The molecule has 1 unspecified atom stereocenters. The predicted molar refractivity (Wildman–Crippen MR) is 81.4 cm³/mol. The van der Waals surface area contributed by atoms with E-state index in [1.54, 1.807) is 0 Å². The van der Waals surface area contributed by atoms with Gasteiger partial charge in [0.1, 0.15) is 11.6 Å². The Morgan fingerprint density at radius 1 is 1.10 bits per heavy atom. The van der Waals surface area contributed by atoms with Crippen molar-refractivity contribution in [3.8, 4) is 0 Å². The Hall–Kier alpha value is -0.690. The Morgan fingerprint density at radius 2 is 1.80 bits per heavy atom. The molecule has 110 valence electrons. The average Bonchev–Trinajstić information content (AvgIpc) is 3.01. The lowest BCUT2D eigenvalue weighted by molar-refractivity contribution is 0.600.